The minimum atomic E-state index is 0.668. The van der Waals surface area contributed by atoms with Gasteiger partial charge in [-0.2, -0.15) is 0 Å². The van der Waals surface area contributed by atoms with Crippen molar-refractivity contribution in [3.63, 3.8) is 0 Å². The van der Waals surface area contributed by atoms with Gasteiger partial charge in [0.1, 0.15) is 6.29 Å². The quantitative estimate of drug-likeness (QED) is 0.416. The van der Waals surface area contributed by atoms with E-state index in [0.717, 1.165) is 17.6 Å². The van der Waals surface area contributed by atoms with Gasteiger partial charge in [0.05, 0.1) is 5.71 Å². The molecule has 0 aliphatic carbocycles. The fraction of sp³-hybridized carbons (Fsp3) is 0.0769. The lowest BCUT2D eigenvalue weighted by Gasteiger charge is -2.00. The van der Waals surface area contributed by atoms with Crippen LogP contribution in [-0.4, -0.2) is 19.0 Å². The van der Waals surface area contributed by atoms with E-state index >= 15 is 0 Å². The van der Waals surface area contributed by atoms with Gasteiger partial charge in [0.2, 0.25) is 0 Å². The van der Waals surface area contributed by atoms with Crippen molar-refractivity contribution in [3.05, 3.63) is 60.2 Å². The van der Waals surface area contributed by atoms with Crippen LogP contribution >= 0.6 is 0 Å². The summed E-state index contributed by atoms with van der Waals surface area (Å²) in [7, 11) is 1.73. The summed E-state index contributed by atoms with van der Waals surface area (Å²) in [6.45, 7) is 3.60. The number of carbonyl (C=O) groups is 1. The fourth-order valence-electron chi connectivity index (χ4n) is 1.19. The van der Waals surface area contributed by atoms with Crippen molar-refractivity contribution in [2.24, 2.45) is 4.99 Å². The molecule has 76 valence electrons. The Morgan fingerprint density at radius 1 is 1.33 bits per heavy atom. The minimum Gasteiger partial charge on any atom is -0.298 e. The second kappa shape index (κ2) is 5.70. The van der Waals surface area contributed by atoms with Crippen LogP contribution in [-0.2, 0) is 0 Å². The highest BCUT2D eigenvalue weighted by molar-refractivity contribution is 6.08. The Hall–Kier alpha value is -1.96. The number of hydrogen-bond donors (Lipinski definition) is 0. The van der Waals surface area contributed by atoms with Gasteiger partial charge in [-0.05, 0) is 11.6 Å². The van der Waals surface area contributed by atoms with E-state index in [1.54, 1.807) is 25.3 Å². The van der Waals surface area contributed by atoms with Crippen LogP contribution in [0.25, 0.3) is 0 Å². The SMILES string of the molecule is C=C/C=C\C(=NC)c1ccc(C=O)cc1. The first kappa shape index (κ1) is 11.1. The molecule has 0 saturated heterocycles. The van der Waals surface area contributed by atoms with Gasteiger partial charge >= 0.3 is 0 Å². The number of carbonyl (C=O) groups excluding carboxylic acids is 1. The van der Waals surface area contributed by atoms with Gasteiger partial charge in [0.15, 0.2) is 0 Å². The van der Waals surface area contributed by atoms with Gasteiger partial charge in [-0.15, -0.1) is 0 Å². The van der Waals surface area contributed by atoms with Gasteiger partial charge in [-0.1, -0.05) is 43.0 Å². The Balaban J connectivity index is 2.98. The van der Waals surface area contributed by atoms with Crippen molar-refractivity contribution in [3.8, 4) is 0 Å². The highest BCUT2D eigenvalue weighted by Gasteiger charge is 1.97. The van der Waals surface area contributed by atoms with E-state index in [2.05, 4.69) is 11.6 Å². The molecule has 15 heavy (non-hydrogen) atoms. The lowest BCUT2D eigenvalue weighted by molar-refractivity contribution is 0.112. The standard InChI is InChI=1S/C13H13NO/c1-3-4-5-13(14-2)12-8-6-11(10-15)7-9-12/h3-10H,1H2,2H3/b5-4-,14-13?. The van der Waals surface area contributed by atoms with E-state index in [4.69, 9.17) is 0 Å². The van der Waals surface area contributed by atoms with E-state index in [0.29, 0.717) is 5.56 Å². The first-order chi connectivity index (χ1) is 7.31. The lowest BCUT2D eigenvalue weighted by atomic mass is 10.1. The van der Waals surface area contributed by atoms with E-state index < -0.39 is 0 Å². The lowest BCUT2D eigenvalue weighted by Crippen LogP contribution is -1.96. The Labute approximate surface area is 89.7 Å². The van der Waals surface area contributed by atoms with Gasteiger partial charge in [-0.3, -0.25) is 9.79 Å². The molecule has 0 amide bonds. The molecule has 0 aliphatic rings. The molecule has 0 saturated carbocycles. The summed E-state index contributed by atoms with van der Waals surface area (Å²) in [4.78, 5) is 14.6. The van der Waals surface area contributed by atoms with Crippen LogP contribution in [0.1, 0.15) is 15.9 Å². The van der Waals surface area contributed by atoms with Gasteiger partial charge in [-0.25, -0.2) is 0 Å². The molecule has 2 heteroatoms. The third kappa shape index (κ3) is 3.02. The average molecular weight is 199 g/mol. The highest BCUT2D eigenvalue weighted by atomic mass is 16.1. The molecule has 0 radical (unpaired) electrons. The summed E-state index contributed by atoms with van der Waals surface area (Å²) < 4.78 is 0. The van der Waals surface area contributed by atoms with Crippen LogP contribution in [0, 0.1) is 0 Å². The molecule has 2 nitrogen and oxygen atoms in total. The zero-order valence-corrected chi connectivity index (χ0v) is 8.68. The van der Waals surface area contributed by atoms with Gasteiger partial charge in [0.25, 0.3) is 0 Å². The van der Waals surface area contributed by atoms with Crippen molar-refractivity contribution >= 4 is 12.0 Å². The van der Waals surface area contributed by atoms with E-state index in [9.17, 15) is 4.79 Å². The molecule has 1 rings (SSSR count). The predicted octanol–water partition coefficient (Wildman–Crippen LogP) is 2.66. The first-order valence-electron chi connectivity index (χ1n) is 4.63. The molecule has 0 aromatic heterocycles. The third-order valence-electron chi connectivity index (χ3n) is 1.97. The van der Waals surface area contributed by atoms with Crippen molar-refractivity contribution in [1.29, 1.82) is 0 Å². The number of benzene rings is 1. The molecule has 0 N–H and O–H groups in total. The maximum absolute atomic E-state index is 10.5. The van der Waals surface area contributed by atoms with E-state index in [1.165, 1.54) is 0 Å². The maximum atomic E-state index is 10.5. The molecule has 0 aliphatic heterocycles. The normalized spacial score (nSPS) is 11.7. The topological polar surface area (TPSA) is 29.4 Å². The van der Waals surface area contributed by atoms with Gasteiger partial charge < -0.3 is 0 Å². The summed E-state index contributed by atoms with van der Waals surface area (Å²) in [6, 6.07) is 7.30. The minimum absolute atomic E-state index is 0.668. The molecular weight excluding hydrogens is 186 g/mol. The predicted molar refractivity (Wildman–Crippen MR) is 63.6 cm³/mol. The Kier molecular flexibility index (Phi) is 4.23. The molecule has 0 spiro atoms. The van der Waals surface area contributed by atoms with Crippen LogP contribution in [0.5, 0.6) is 0 Å². The number of hydrogen-bond acceptors (Lipinski definition) is 2. The Bertz CT molecular complexity index is 399. The molecule has 0 heterocycles. The van der Waals surface area contributed by atoms with Crippen molar-refractivity contribution < 1.29 is 4.79 Å². The Morgan fingerprint density at radius 2 is 2.00 bits per heavy atom. The van der Waals surface area contributed by atoms with Crippen LogP contribution in [0.15, 0.2) is 54.1 Å². The monoisotopic (exact) mass is 199 g/mol. The van der Waals surface area contributed by atoms with Crippen LogP contribution in [0.3, 0.4) is 0 Å². The molecular formula is C13H13NO. The number of aldehydes is 1. The van der Waals surface area contributed by atoms with Crippen LogP contribution in [0.4, 0.5) is 0 Å². The van der Waals surface area contributed by atoms with Gasteiger partial charge in [0, 0.05) is 12.6 Å². The molecule has 1 aromatic carbocycles. The molecule has 0 atom stereocenters. The van der Waals surface area contributed by atoms with Crippen LogP contribution in [0.2, 0.25) is 0 Å². The zero-order valence-electron chi connectivity index (χ0n) is 8.68. The summed E-state index contributed by atoms with van der Waals surface area (Å²) >= 11 is 0. The number of allylic oxidation sites excluding steroid dienone is 3. The smallest absolute Gasteiger partial charge is 0.150 e. The summed E-state index contributed by atoms with van der Waals surface area (Å²) in [5, 5.41) is 0. The number of aliphatic imine (C=N–C) groups is 1. The second-order valence-electron chi connectivity index (χ2n) is 2.94. The van der Waals surface area contributed by atoms with E-state index in [-0.39, 0.29) is 0 Å². The van der Waals surface area contributed by atoms with E-state index in [1.807, 2.05) is 24.3 Å². The molecule has 1 aromatic rings. The fourth-order valence-corrected chi connectivity index (χ4v) is 1.19. The number of rotatable bonds is 4. The average Bonchev–Trinajstić information content (AvgIpc) is 2.31. The van der Waals surface area contributed by atoms with Crippen molar-refractivity contribution in [1.82, 2.24) is 0 Å². The largest absolute Gasteiger partial charge is 0.298 e. The summed E-state index contributed by atoms with van der Waals surface area (Å²) in [6.07, 6.45) is 6.23. The first-order valence-corrected chi connectivity index (χ1v) is 4.63. The molecule has 0 bridgehead atoms. The zero-order chi connectivity index (χ0) is 11.1. The highest BCUT2D eigenvalue weighted by Crippen LogP contribution is 2.05. The Morgan fingerprint density at radius 3 is 2.47 bits per heavy atom. The maximum Gasteiger partial charge on any atom is 0.150 e. The molecule has 0 fully saturated rings. The van der Waals surface area contributed by atoms with Crippen LogP contribution < -0.4 is 0 Å². The number of nitrogens with zero attached hydrogens (tertiary/aromatic N) is 1. The van der Waals surface area contributed by atoms with Crippen molar-refractivity contribution in [2.45, 2.75) is 0 Å². The third-order valence-corrected chi connectivity index (χ3v) is 1.97. The second-order valence-corrected chi connectivity index (χ2v) is 2.94. The summed E-state index contributed by atoms with van der Waals surface area (Å²) in [5.74, 6) is 0. The summed E-state index contributed by atoms with van der Waals surface area (Å²) in [5.41, 5.74) is 2.52. The van der Waals surface area contributed by atoms with Crippen molar-refractivity contribution in [2.75, 3.05) is 7.05 Å². The molecule has 0 unspecified atom stereocenters.